The van der Waals surface area contributed by atoms with Crippen molar-refractivity contribution in [2.75, 3.05) is 19.6 Å². The molecule has 1 aliphatic heterocycles. The predicted octanol–water partition coefficient (Wildman–Crippen LogP) is 4.16. The summed E-state index contributed by atoms with van der Waals surface area (Å²) in [5, 5.41) is 3.68. The lowest BCUT2D eigenvalue weighted by Crippen LogP contribution is -2.42. The minimum Gasteiger partial charge on any atom is -0.310 e. The SMILES string of the molecule is CCNC(CCN1CC(C)CCC1C)c1ccccc1C. The van der Waals surface area contributed by atoms with Crippen molar-refractivity contribution in [3.63, 3.8) is 0 Å². The quantitative estimate of drug-likeness (QED) is 0.845. The van der Waals surface area contributed by atoms with E-state index in [-0.39, 0.29) is 0 Å². The van der Waals surface area contributed by atoms with Crippen LogP contribution in [0.15, 0.2) is 24.3 Å². The van der Waals surface area contributed by atoms with Gasteiger partial charge in [0.15, 0.2) is 0 Å². The molecule has 1 aromatic carbocycles. The zero-order valence-corrected chi connectivity index (χ0v) is 14.2. The molecule has 1 heterocycles. The van der Waals surface area contributed by atoms with Crippen LogP contribution in [-0.4, -0.2) is 30.6 Å². The summed E-state index contributed by atoms with van der Waals surface area (Å²) in [7, 11) is 0. The third-order valence-electron chi connectivity index (χ3n) is 4.97. The molecule has 1 fully saturated rings. The number of piperidine rings is 1. The van der Waals surface area contributed by atoms with Crippen molar-refractivity contribution in [2.45, 2.75) is 59.0 Å². The Kier molecular flexibility index (Phi) is 6.25. The van der Waals surface area contributed by atoms with Crippen LogP contribution in [0, 0.1) is 12.8 Å². The van der Waals surface area contributed by atoms with E-state index in [9.17, 15) is 0 Å². The molecule has 0 bridgehead atoms. The van der Waals surface area contributed by atoms with Crippen LogP contribution < -0.4 is 5.32 Å². The fourth-order valence-corrected chi connectivity index (χ4v) is 3.58. The molecule has 118 valence electrons. The van der Waals surface area contributed by atoms with Crippen molar-refractivity contribution in [2.24, 2.45) is 5.92 Å². The van der Waals surface area contributed by atoms with Gasteiger partial charge in [0.05, 0.1) is 0 Å². The van der Waals surface area contributed by atoms with Crippen LogP contribution in [0.25, 0.3) is 0 Å². The molecule has 3 atom stereocenters. The van der Waals surface area contributed by atoms with E-state index in [4.69, 9.17) is 0 Å². The standard InChI is InChI=1S/C19H32N2/c1-5-20-19(18-9-7-6-8-16(18)3)12-13-21-14-15(2)10-11-17(21)4/h6-9,15,17,19-20H,5,10-14H2,1-4H3. The molecule has 1 saturated heterocycles. The Morgan fingerprint density at radius 2 is 2.00 bits per heavy atom. The number of nitrogens with one attached hydrogen (secondary N) is 1. The van der Waals surface area contributed by atoms with E-state index < -0.39 is 0 Å². The monoisotopic (exact) mass is 288 g/mol. The number of likely N-dealkylation sites (tertiary alicyclic amines) is 1. The van der Waals surface area contributed by atoms with E-state index in [2.05, 4.69) is 62.2 Å². The summed E-state index contributed by atoms with van der Waals surface area (Å²) in [5.74, 6) is 0.859. The summed E-state index contributed by atoms with van der Waals surface area (Å²) in [4.78, 5) is 2.69. The molecule has 2 nitrogen and oxygen atoms in total. The third kappa shape index (κ3) is 4.55. The molecule has 3 unspecified atom stereocenters. The first kappa shape index (κ1) is 16.5. The lowest BCUT2D eigenvalue weighted by Gasteiger charge is -2.37. The summed E-state index contributed by atoms with van der Waals surface area (Å²) >= 11 is 0. The van der Waals surface area contributed by atoms with Crippen molar-refractivity contribution in [1.29, 1.82) is 0 Å². The number of benzene rings is 1. The van der Waals surface area contributed by atoms with Crippen LogP contribution in [0.5, 0.6) is 0 Å². The van der Waals surface area contributed by atoms with Gasteiger partial charge in [0.1, 0.15) is 0 Å². The zero-order valence-electron chi connectivity index (χ0n) is 14.2. The van der Waals surface area contributed by atoms with E-state index in [0.29, 0.717) is 6.04 Å². The molecule has 0 saturated carbocycles. The Hall–Kier alpha value is -0.860. The minimum atomic E-state index is 0.487. The topological polar surface area (TPSA) is 15.3 Å². The first-order valence-corrected chi connectivity index (χ1v) is 8.64. The Morgan fingerprint density at radius 3 is 2.71 bits per heavy atom. The number of aryl methyl sites for hydroxylation is 1. The second kappa shape index (κ2) is 7.95. The molecule has 2 rings (SSSR count). The maximum Gasteiger partial charge on any atom is 0.0334 e. The van der Waals surface area contributed by atoms with Gasteiger partial charge in [-0.05, 0) is 56.7 Å². The summed E-state index contributed by atoms with van der Waals surface area (Å²) in [6.07, 6.45) is 3.96. The highest BCUT2D eigenvalue weighted by Gasteiger charge is 2.23. The largest absolute Gasteiger partial charge is 0.310 e. The highest BCUT2D eigenvalue weighted by Crippen LogP contribution is 2.25. The summed E-state index contributed by atoms with van der Waals surface area (Å²) < 4.78 is 0. The molecule has 2 heteroatoms. The summed E-state index contributed by atoms with van der Waals surface area (Å²) in [5.41, 5.74) is 2.88. The van der Waals surface area contributed by atoms with Gasteiger partial charge in [0.2, 0.25) is 0 Å². The Bertz CT molecular complexity index is 429. The van der Waals surface area contributed by atoms with Crippen LogP contribution in [0.4, 0.5) is 0 Å². The third-order valence-corrected chi connectivity index (χ3v) is 4.97. The van der Waals surface area contributed by atoms with Gasteiger partial charge in [-0.25, -0.2) is 0 Å². The van der Waals surface area contributed by atoms with Crippen LogP contribution in [0.2, 0.25) is 0 Å². The van der Waals surface area contributed by atoms with Crippen molar-refractivity contribution >= 4 is 0 Å². The van der Waals surface area contributed by atoms with Crippen LogP contribution >= 0.6 is 0 Å². The molecule has 1 aromatic rings. The molecule has 0 amide bonds. The fourth-order valence-electron chi connectivity index (χ4n) is 3.58. The van der Waals surface area contributed by atoms with E-state index in [0.717, 1.165) is 18.5 Å². The van der Waals surface area contributed by atoms with Gasteiger partial charge in [-0.15, -0.1) is 0 Å². The number of hydrogen-bond donors (Lipinski definition) is 1. The predicted molar refractivity (Wildman–Crippen MR) is 91.6 cm³/mol. The summed E-state index contributed by atoms with van der Waals surface area (Å²) in [6.45, 7) is 12.7. The smallest absolute Gasteiger partial charge is 0.0334 e. The van der Waals surface area contributed by atoms with Crippen LogP contribution in [0.1, 0.15) is 57.2 Å². The van der Waals surface area contributed by atoms with E-state index in [1.54, 1.807) is 0 Å². The van der Waals surface area contributed by atoms with Gasteiger partial charge in [0, 0.05) is 25.2 Å². The average Bonchev–Trinajstić information content (AvgIpc) is 2.47. The first-order chi connectivity index (χ1) is 10.1. The molecule has 0 spiro atoms. The van der Waals surface area contributed by atoms with Gasteiger partial charge >= 0.3 is 0 Å². The molecular weight excluding hydrogens is 256 g/mol. The van der Waals surface area contributed by atoms with Crippen molar-refractivity contribution in [3.05, 3.63) is 35.4 Å². The first-order valence-electron chi connectivity index (χ1n) is 8.64. The maximum atomic E-state index is 3.68. The Balaban J connectivity index is 1.98. The van der Waals surface area contributed by atoms with Gasteiger partial charge in [-0.2, -0.15) is 0 Å². The molecular formula is C19H32N2. The number of hydrogen-bond acceptors (Lipinski definition) is 2. The van der Waals surface area contributed by atoms with Gasteiger partial charge < -0.3 is 10.2 Å². The molecule has 0 aliphatic carbocycles. The second-order valence-corrected chi connectivity index (χ2v) is 6.78. The highest BCUT2D eigenvalue weighted by molar-refractivity contribution is 5.28. The van der Waals surface area contributed by atoms with Gasteiger partial charge in [-0.1, -0.05) is 38.1 Å². The number of nitrogens with zero attached hydrogens (tertiary/aromatic N) is 1. The maximum absolute atomic E-state index is 3.68. The zero-order chi connectivity index (χ0) is 15.2. The minimum absolute atomic E-state index is 0.487. The number of rotatable bonds is 6. The fraction of sp³-hybridized carbons (Fsp3) is 0.684. The molecule has 1 N–H and O–H groups in total. The Morgan fingerprint density at radius 1 is 1.24 bits per heavy atom. The summed E-state index contributed by atoms with van der Waals surface area (Å²) in [6, 6.07) is 10.0. The lowest BCUT2D eigenvalue weighted by molar-refractivity contribution is 0.119. The van der Waals surface area contributed by atoms with Crippen LogP contribution in [-0.2, 0) is 0 Å². The van der Waals surface area contributed by atoms with Gasteiger partial charge in [-0.3, -0.25) is 0 Å². The Labute approximate surface area is 130 Å². The van der Waals surface area contributed by atoms with Crippen molar-refractivity contribution < 1.29 is 0 Å². The molecule has 21 heavy (non-hydrogen) atoms. The second-order valence-electron chi connectivity index (χ2n) is 6.78. The van der Waals surface area contributed by atoms with E-state index in [1.165, 1.54) is 43.5 Å². The highest BCUT2D eigenvalue weighted by atomic mass is 15.2. The normalized spacial score (nSPS) is 25.0. The van der Waals surface area contributed by atoms with Crippen molar-refractivity contribution in [1.82, 2.24) is 10.2 Å². The molecule has 0 aromatic heterocycles. The molecule has 0 radical (unpaired) electrons. The van der Waals surface area contributed by atoms with Crippen LogP contribution in [0.3, 0.4) is 0 Å². The average molecular weight is 288 g/mol. The van der Waals surface area contributed by atoms with Crippen molar-refractivity contribution in [3.8, 4) is 0 Å². The van der Waals surface area contributed by atoms with Gasteiger partial charge in [0.25, 0.3) is 0 Å². The lowest BCUT2D eigenvalue weighted by atomic mass is 9.93. The molecule has 1 aliphatic rings. The van der Waals surface area contributed by atoms with E-state index >= 15 is 0 Å². The van der Waals surface area contributed by atoms with E-state index in [1.807, 2.05) is 0 Å².